The first kappa shape index (κ1) is 26.1. The maximum atomic E-state index is 13.4. The first-order valence-corrected chi connectivity index (χ1v) is 14.3. The second-order valence-corrected chi connectivity index (χ2v) is 11.7. The Kier molecular flexibility index (Phi) is 7.36. The van der Waals surface area contributed by atoms with Crippen molar-refractivity contribution in [3.8, 4) is 17.2 Å². The molecule has 0 saturated carbocycles. The lowest BCUT2D eigenvalue weighted by Crippen LogP contribution is -2.14. The van der Waals surface area contributed by atoms with Gasteiger partial charge in [-0.05, 0) is 60.2 Å². The van der Waals surface area contributed by atoms with E-state index in [0.29, 0.717) is 31.8 Å². The van der Waals surface area contributed by atoms with Crippen molar-refractivity contribution in [2.75, 3.05) is 11.8 Å². The predicted molar refractivity (Wildman–Crippen MR) is 152 cm³/mol. The van der Waals surface area contributed by atoms with Gasteiger partial charge in [-0.3, -0.25) is 14.1 Å². The van der Waals surface area contributed by atoms with E-state index in [-0.39, 0.29) is 27.8 Å². The fourth-order valence-electron chi connectivity index (χ4n) is 3.83. The van der Waals surface area contributed by atoms with E-state index >= 15 is 0 Å². The zero-order chi connectivity index (χ0) is 26.9. The van der Waals surface area contributed by atoms with Gasteiger partial charge in [0.2, 0.25) is 0 Å². The highest BCUT2D eigenvalue weighted by Gasteiger charge is 2.20. The van der Waals surface area contributed by atoms with Crippen LogP contribution in [0.25, 0.3) is 10.2 Å². The molecule has 4 aromatic carbocycles. The summed E-state index contributed by atoms with van der Waals surface area (Å²) >= 11 is 13.4. The summed E-state index contributed by atoms with van der Waals surface area (Å²) in [4.78, 5) is 12.5. The van der Waals surface area contributed by atoms with Gasteiger partial charge in [-0.1, -0.05) is 58.8 Å². The molecule has 5 rings (SSSR count). The van der Waals surface area contributed by atoms with Crippen LogP contribution in [0.1, 0.15) is 5.56 Å². The van der Waals surface area contributed by atoms with Crippen LogP contribution in [-0.2, 0) is 16.6 Å². The summed E-state index contributed by atoms with van der Waals surface area (Å²) in [6, 6.07) is 23.4. The molecule has 0 atom stereocenters. The van der Waals surface area contributed by atoms with Crippen molar-refractivity contribution in [3.63, 3.8) is 0 Å². The van der Waals surface area contributed by atoms with Crippen molar-refractivity contribution in [1.82, 2.24) is 4.57 Å². The monoisotopic (exact) mass is 586 g/mol. The van der Waals surface area contributed by atoms with Crippen LogP contribution in [0.4, 0.5) is 5.69 Å². The number of ether oxygens (including phenoxy) is 2. The standard InChI is InChI=1S/C27H20Cl2N2O5S2/c1-35-19-6-4-7-20(14-19)36-25-12-9-18(28)13-23(25)30-38(33,34)21-10-11-24-26(15-21)37-27(32)31(24)16-17-5-2-3-8-22(17)29/h2-15,30H,16H2,1H3. The Labute approximate surface area is 232 Å². The van der Waals surface area contributed by atoms with Gasteiger partial charge in [-0.25, -0.2) is 8.42 Å². The fourth-order valence-corrected chi connectivity index (χ4v) is 6.29. The summed E-state index contributed by atoms with van der Waals surface area (Å²) in [6.07, 6.45) is 0. The molecule has 0 spiro atoms. The molecule has 11 heteroatoms. The van der Waals surface area contributed by atoms with Crippen molar-refractivity contribution in [2.24, 2.45) is 0 Å². The zero-order valence-electron chi connectivity index (χ0n) is 19.9. The van der Waals surface area contributed by atoms with Gasteiger partial charge in [0, 0.05) is 16.1 Å². The molecular weight excluding hydrogens is 567 g/mol. The molecule has 0 saturated heterocycles. The summed E-state index contributed by atoms with van der Waals surface area (Å²) in [5, 5.41) is 0.877. The first-order valence-electron chi connectivity index (χ1n) is 11.2. The van der Waals surface area contributed by atoms with E-state index in [1.54, 1.807) is 60.2 Å². The normalized spacial score (nSPS) is 11.4. The first-order chi connectivity index (χ1) is 18.2. The highest BCUT2D eigenvalue weighted by Crippen LogP contribution is 2.35. The minimum atomic E-state index is -4.06. The summed E-state index contributed by atoms with van der Waals surface area (Å²) in [6.45, 7) is 0.274. The Bertz CT molecular complexity index is 1820. The Hall–Kier alpha value is -3.50. The van der Waals surface area contributed by atoms with Gasteiger partial charge in [0.25, 0.3) is 10.0 Å². The molecule has 0 radical (unpaired) electrons. The highest BCUT2D eigenvalue weighted by molar-refractivity contribution is 7.92. The molecule has 0 unspecified atom stereocenters. The van der Waals surface area contributed by atoms with Gasteiger partial charge in [0.1, 0.15) is 11.5 Å². The molecule has 1 aromatic heterocycles. The summed E-state index contributed by atoms with van der Waals surface area (Å²) in [5.41, 5.74) is 1.56. The van der Waals surface area contributed by atoms with Crippen LogP contribution in [0.15, 0.2) is 94.6 Å². The van der Waals surface area contributed by atoms with E-state index in [4.69, 9.17) is 32.7 Å². The molecule has 38 heavy (non-hydrogen) atoms. The number of hydrogen-bond donors (Lipinski definition) is 1. The van der Waals surface area contributed by atoms with E-state index in [2.05, 4.69) is 4.72 Å². The quantitative estimate of drug-likeness (QED) is 0.211. The van der Waals surface area contributed by atoms with E-state index in [9.17, 15) is 13.2 Å². The van der Waals surface area contributed by atoms with Crippen molar-refractivity contribution in [2.45, 2.75) is 11.4 Å². The second-order valence-electron chi connectivity index (χ2n) is 8.20. The Morgan fingerprint density at radius 1 is 0.921 bits per heavy atom. The van der Waals surface area contributed by atoms with E-state index in [1.807, 2.05) is 18.2 Å². The number of aromatic nitrogens is 1. The predicted octanol–water partition coefficient (Wildman–Crippen LogP) is 7.02. The average Bonchev–Trinajstić information content (AvgIpc) is 3.21. The minimum Gasteiger partial charge on any atom is -0.497 e. The topological polar surface area (TPSA) is 86.6 Å². The SMILES string of the molecule is COc1cccc(Oc2ccc(Cl)cc2NS(=O)(=O)c2ccc3c(c2)sc(=O)n3Cc2ccccc2Cl)c1. The van der Waals surface area contributed by atoms with Crippen LogP contribution in [0.3, 0.4) is 0 Å². The fraction of sp³-hybridized carbons (Fsp3) is 0.0741. The Morgan fingerprint density at radius 3 is 2.50 bits per heavy atom. The third-order valence-electron chi connectivity index (χ3n) is 5.69. The van der Waals surface area contributed by atoms with Crippen LogP contribution in [0.2, 0.25) is 10.0 Å². The molecule has 0 aliphatic heterocycles. The summed E-state index contributed by atoms with van der Waals surface area (Å²) in [7, 11) is -2.52. The van der Waals surface area contributed by atoms with Gasteiger partial charge in [0.15, 0.2) is 5.75 Å². The van der Waals surface area contributed by atoms with E-state index in [0.717, 1.165) is 16.9 Å². The number of halogens is 2. The molecular formula is C27H20Cl2N2O5S2. The number of thiazole rings is 1. The van der Waals surface area contributed by atoms with Crippen molar-refractivity contribution >= 4 is 60.5 Å². The van der Waals surface area contributed by atoms with E-state index in [1.165, 1.54) is 18.2 Å². The third kappa shape index (κ3) is 5.51. The average molecular weight is 588 g/mol. The molecule has 194 valence electrons. The second kappa shape index (κ2) is 10.7. The van der Waals surface area contributed by atoms with Crippen LogP contribution in [0.5, 0.6) is 17.2 Å². The number of fused-ring (bicyclic) bond motifs is 1. The van der Waals surface area contributed by atoms with Crippen molar-refractivity contribution < 1.29 is 17.9 Å². The van der Waals surface area contributed by atoms with Crippen LogP contribution in [0, 0.1) is 0 Å². The van der Waals surface area contributed by atoms with Gasteiger partial charge in [-0.15, -0.1) is 0 Å². The maximum Gasteiger partial charge on any atom is 0.308 e. The highest BCUT2D eigenvalue weighted by atomic mass is 35.5. The lowest BCUT2D eigenvalue weighted by Gasteiger charge is -2.14. The molecule has 1 heterocycles. The number of methoxy groups -OCH3 is 1. The minimum absolute atomic E-state index is 0.0107. The molecule has 0 amide bonds. The Balaban J connectivity index is 1.46. The smallest absolute Gasteiger partial charge is 0.308 e. The molecule has 0 aliphatic rings. The number of hydrogen-bond acceptors (Lipinski definition) is 6. The zero-order valence-corrected chi connectivity index (χ0v) is 23.0. The molecule has 7 nitrogen and oxygen atoms in total. The number of sulfonamides is 1. The number of nitrogens with one attached hydrogen (secondary N) is 1. The van der Waals surface area contributed by atoms with Crippen LogP contribution in [-0.4, -0.2) is 20.1 Å². The van der Waals surface area contributed by atoms with Gasteiger partial charge >= 0.3 is 4.87 Å². The maximum absolute atomic E-state index is 13.4. The van der Waals surface area contributed by atoms with Crippen LogP contribution < -0.4 is 19.1 Å². The van der Waals surface area contributed by atoms with Crippen molar-refractivity contribution in [1.29, 1.82) is 0 Å². The molecule has 1 N–H and O–H groups in total. The summed E-state index contributed by atoms with van der Waals surface area (Å²) in [5.74, 6) is 1.30. The number of rotatable bonds is 8. The molecule has 0 bridgehead atoms. The van der Waals surface area contributed by atoms with Gasteiger partial charge in [0.05, 0.1) is 34.5 Å². The summed E-state index contributed by atoms with van der Waals surface area (Å²) < 4.78 is 42.5. The molecule has 0 aliphatic carbocycles. The Morgan fingerprint density at radius 2 is 1.71 bits per heavy atom. The van der Waals surface area contributed by atoms with Gasteiger partial charge in [-0.2, -0.15) is 0 Å². The lowest BCUT2D eigenvalue weighted by atomic mass is 10.2. The third-order valence-corrected chi connectivity index (χ3v) is 8.60. The van der Waals surface area contributed by atoms with E-state index < -0.39 is 10.0 Å². The van der Waals surface area contributed by atoms with Gasteiger partial charge < -0.3 is 9.47 Å². The van der Waals surface area contributed by atoms with Crippen molar-refractivity contribution in [3.05, 3.63) is 110 Å². The van der Waals surface area contributed by atoms with Crippen LogP contribution >= 0.6 is 34.5 Å². The number of anilines is 1. The molecule has 0 fully saturated rings. The largest absolute Gasteiger partial charge is 0.497 e. The lowest BCUT2D eigenvalue weighted by molar-refractivity contribution is 0.409. The molecule has 5 aromatic rings. The number of nitrogens with zero attached hydrogens (tertiary/aromatic N) is 1. The number of benzene rings is 4.